The summed E-state index contributed by atoms with van der Waals surface area (Å²) >= 11 is 1.81. The van der Waals surface area contributed by atoms with Crippen molar-refractivity contribution in [3.63, 3.8) is 0 Å². The smallest absolute Gasteiger partial charge is 0.194 e. The molecule has 0 aromatic heterocycles. The Morgan fingerprint density at radius 3 is 3.00 bits per heavy atom. The quantitative estimate of drug-likeness (QED) is 0.624. The summed E-state index contributed by atoms with van der Waals surface area (Å²) in [5.74, 6) is 2.69. The zero-order valence-electron chi connectivity index (χ0n) is 16.1. The third-order valence-corrected chi connectivity index (χ3v) is 6.31. The van der Waals surface area contributed by atoms with Gasteiger partial charge in [-0.25, -0.2) is 0 Å². The minimum Gasteiger partial charge on any atom is -0.387 e. The van der Waals surface area contributed by atoms with E-state index < -0.39 is 5.60 Å². The first kappa shape index (κ1) is 19.5. The van der Waals surface area contributed by atoms with Crippen molar-refractivity contribution in [2.45, 2.75) is 38.9 Å². The SMILES string of the molecule is CCNC(=NCC1(O)CCSC1)N1CCOC(c2ccc(C)cc2C)C1. The van der Waals surface area contributed by atoms with Gasteiger partial charge in [0.2, 0.25) is 0 Å². The van der Waals surface area contributed by atoms with E-state index in [0.29, 0.717) is 13.2 Å². The second kappa shape index (κ2) is 8.63. The predicted molar refractivity (Wildman–Crippen MR) is 109 cm³/mol. The van der Waals surface area contributed by atoms with Crippen molar-refractivity contribution in [2.24, 2.45) is 4.99 Å². The number of benzene rings is 1. The number of guanidine groups is 1. The standard InChI is InChI=1S/C20H31N3O2S/c1-4-21-19(22-13-20(24)7-10-26-14-20)23-8-9-25-18(12-23)17-6-5-15(2)11-16(17)3/h5-6,11,18,24H,4,7-10,12-14H2,1-3H3,(H,21,22). The molecule has 2 fully saturated rings. The van der Waals surface area contributed by atoms with E-state index >= 15 is 0 Å². The highest BCUT2D eigenvalue weighted by atomic mass is 32.2. The summed E-state index contributed by atoms with van der Waals surface area (Å²) in [6, 6.07) is 6.54. The summed E-state index contributed by atoms with van der Waals surface area (Å²) in [7, 11) is 0. The van der Waals surface area contributed by atoms with E-state index in [9.17, 15) is 5.11 Å². The molecule has 6 heteroatoms. The number of nitrogens with zero attached hydrogens (tertiary/aromatic N) is 2. The Labute approximate surface area is 161 Å². The van der Waals surface area contributed by atoms with Crippen LogP contribution in [-0.4, -0.2) is 65.9 Å². The first-order valence-electron chi connectivity index (χ1n) is 9.53. The van der Waals surface area contributed by atoms with Crippen molar-refractivity contribution >= 4 is 17.7 Å². The summed E-state index contributed by atoms with van der Waals surface area (Å²) in [5, 5.41) is 14.0. The van der Waals surface area contributed by atoms with Crippen molar-refractivity contribution in [3.05, 3.63) is 34.9 Å². The number of aliphatic hydroxyl groups is 1. The van der Waals surface area contributed by atoms with Crippen LogP contribution in [0.2, 0.25) is 0 Å². The number of morpholine rings is 1. The number of hydrogen-bond acceptors (Lipinski definition) is 4. The second-order valence-corrected chi connectivity index (χ2v) is 8.47. The maximum atomic E-state index is 10.6. The Balaban J connectivity index is 1.72. The van der Waals surface area contributed by atoms with E-state index in [0.717, 1.165) is 43.5 Å². The lowest BCUT2D eigenvalue weighted by Crippen LogP contribution is -2.49. The van der Waals surface area contributed by atoms with Crippen LogP contribution in [-0.2, 0) is 4.74 Å². The zero-order chi connectivity index (χ0) is 18.6. The summed E-state index contributed by atoms with van der Waals surface area (Å²) < 4.78 is 6.06. The lowest BCUT2D eigenvalue weighted by molar-refractivity contribution is -0.00855. The Morgan fingerprint density at radius 2 is 2.31 bits per heavy atom. The highest BCUT2D eigenvalue weighted by molar-refractivity contribution is 7.99. The van der Waals surface area contributed by atoms with Gasteiger partial charge in [-0.2, -0.15) is 11.8 Å². The number of rotatable bonds is 4. The van der Waals surface area contributed by atoms with Crippen LogP contribution >= 0.6 is 11.8 Å². The fraction of sp³-hybridized carbons (Fsp3) is 0.650. The number of aryl methyl sites for hydroxylation is 2. The monoisotopic (exact) mass is 377 g/mol. The molecule has 2 atom stereocenters. The summed E-state index contributed by atoms with van der Waals surface area (Å²) in [5.41, 5.74) is 3.15. The third-order valence-electron chi connectivity index (χ3n) is 5.08. The molecular formula is C20H31N3O2S. The molecule has 144 valence electrons. The highest BCUT2D eigenvalue weighted by Gasteiger charge is 2.32. The van der Waals surface area contributed by atoms with Gasteiger partial charge >= 0.3 is 0 Å². The molecule has 0 spiro atoms. The molecule has 2 saturated heterocycles. The summed E-state index contributed by atoms with van der Waals surface area (Å²) in [4.78, 5) is 7.03. The molecule has 0 amide bonds. The minimum absolute atomic E-state index is 0.0540. The molecular weight excluding hydrogens is 346 g/mol. The molecule has 2 unspecified atom stereocenters. The van der Waals surface area contributed by atoms with Crippen LogP contribution in [0.5, 0.6) is 0 Å². The lowest BCUT2D eigenvalue weighted by atomic mass is 10.00. The van der Waals surface area contributed by atoms with E-state index in [4.69, 9.17) is 9.73 Å². The van der Waals surface area contributed by atoms with Crippen LogP contribution in [0.15, 0.2) is 23.2 Å². The van der Waals surface area contributed by atoms with Gasteiger partial charge in [0.05, 0.1) is 25.3 Å². The van der Waals surface area contributed by atoms with Crippen molar-refractivity contribution < 1.29 is 9.84 Å². The molecule has 26 heavy (non-hydrogen) atoms. The average Bonchev–Trinajstić information content (AvgIpc) is 3.05. The number of aliphatic imine (C=N–C) groups is 1. The van der Waals surface area contributed by atoms with Gasteiger partial charge in [0, 0.05) is 18.8 Å². The fourth-order valence-corrected chi connectivity index (χ4v) is 4.87. The number of nitrogens with one attached hydrogen (secondary N) is 1. The maximum Gasteiger partial charge on any atom is 0.194 e. The second-order valence-electron chi connectivity index (χ2n) is 7.36. The van der Waals surface area contributed by atoms with Gasteiger partial charge in [0.15, 0.2) is 5.96 Å². The molecule has 2 aliphatic rings. The van der Waals surface area contributed by atoms with Crippen molar-refractivity contribution in [3.8, 4) is 0 Å². The van der Waals surface area contributed by atoms with Crippen LogP contribution < -0.4 is 5.32 Å². The first-order valence-corrected chi connectivity index (χ1v) is 10.7. The Bertz CT molecular complexity index is 644. The van der Waals surface area contributed by atoms with Crippen molar-refractivity contribution in [1.82, 2.24) is 10.2 Å². The first-order chi connectivity index (χ1) is 12.5. The number of thioether (sulfide) groups is 1. The molecule has 2 aliphatic heterocycles. The molecule has 3 rings (SSSR count). The van der Waals surface area contributed by atoms with E-state index in [1.54, 1.807) is 0 Å². The molecule has 5 nitrogen and oxygen atoms in total. The third kappa shape index (κ3) is 4.72. The highest BCUT2D eigenvalue weighted by Crippen LogP contribution is 2.29. The zero-order valence-corrected chi connectivity index (χ0v) is 16.9. The van der Waals surface area contributed by atoms with Gasteiger partial charge < -0.3 is 20.1 Å². The lowest BCUT2D eigenvalue weighted by Gasteiger charge is -2.36. The number of hydrogen-bond donors (Lipinski definition) is 2. The van der Waals surface area contributed by atoms with Crippen LogP contribution in [0, 0.1) is 13.8 Å². The van der Waals surface area contributed by atoms with Gasteiger partial charge in [-0.1, -0.05) is 23.8 Å². The molecule has 2 N–H and O–H groups in total. The Hall–Kier alpha value is -1.24. The average molecular weight is 378 g/mol. The van der Waals surface area contributed by atoms with Crippen molar-refractivity contribution in [2.75, 3.05) is 44.3 Å². The van der Waals surface area contributed by atoms with E-state index in [2.05, 4.69) is 49.2 Å². The van der Waals surface area contributed by atoms with Gasteiger partial charge in [-0.05, 0) is 44.1 Å². The molecule has 0 radical (unpaired) electrons. The molecule has 1 aromatic rings. The van der Waals surface area contributed by atoms with Gasteiger partial charge in [0.25, 0.3) is 0 Å². The van der Waals surface area contributed by atoms with Crippen LogP contribution in [0.1, 0.15) is 36.1 Å². The topological polar surface area (TPSA) is 57.1 Å². The summed E-state index contributed by atoms with van der Waals surface area (Å²) in [6.45, 7) is 9.92. The Kier molecular flexibility index (Phi) is 6.48. The maximum absolute atomic E-state index is 10.6. The van der Waals surface area contributed by atoms with E-state index in [1.807, 2.05) is 11.8 Å². The molecule has 1 aromatic carbocycles. The summed E-state index contributed by atoms with van der Waals surface area (Å²) in [6.07, 6.45) is 0.882. The van der Waals surface area contributed by atoms with Crippen molar-refractivity contribution in [1.29, 1.82) is 0 Å². The predicted octanol–water partition coefficient (Wildman–Crippen LogP) is 2.51. The van der Waals surface area contributed by atoms with Crippen LogP contribution in [0.4, 0.5) is 0 Å². The largest absolute Gasteiger partial charge is 0.387 e. The minimum atomic E-state index is -0.648. The van der Waals surface area contributed by atoms with Crippen LogP contribution in [0.3, 0.4) is 0 Å². The fourth-order valence-electron chi connectivity index (χ4n) is 3.59. The molecule has 0 aliphatic carbocycles. The number of ether oxygens (including phenoxy) is 1. The van der Waals surface area contributed by atoms with E-state index in [1.165, 1.54) is 16.7 Å². The van der Waals surface area contributed by atoms with Gasteiger partial charge in [0.1, 0.15) is 6.10 Å². The van der Waals surface area contributed by atoms with Gasteiger partial charge in [-0.15, -0.1) is 0 Å². The molecule has 0 bridgehead atoms. The van der Waals surface area contributed by atoms with Gasteiger partial charge in [-0.3, -0.25) is 4.99 Å². The normalized spacial score (nSPS) is 27.0. The van der Waals surface area contributed by atoms with E-state index in [-0.39, 0.29) is 6.10 Å². The Morgan fingerprint density at radius 1 is 1.46 bits per heavy atom. The molecule has 0 saturated carbocycles. The molecule has 2 heterocycles. The van der Waals surface area contributed by atoms with Crippen LogP contribution in [0.25, 0.3) is 0 Å².